The van der Waals surface area contributed by atoms with E-state index in [9.17, 15) is 19.7 Å². The topological polar surface area (TPSA) is 121 Å². The summed E-state index contributed by atoms with van der Waals surface area (Å²) >= 11 is 5.09. The van der Waals surface area contributed by atoms with Gasteiger partial charge in [0.25, 0.3) is 11.2 Å². The van der Waals surface area contributed by atoms with Crippen LogP contribution >= 0.6 is 12.2 Å². The molecule has 2 heterocycles. The molecule has 0 saturated carbocycles. The van der Waals surface area contributed by atoms with Crippen LogP contribution in [0.1, 0.15) is 43.7 Å². The molecule has 1 aromatic carbocycles. The van der Waals surface area contributed by atoms with Crippen molar-refractivity contribution in [1.82, 2.24) is 9.97 Å². The minimum atomic E-state index is -0.619. The first-order chi connectivity index (χ1) is 13.2. The SMILES string of the molecule is CC1(C)CC(=O)C2=C(C1)Nc1[nH]c(=S)[nH]c(=O)c1C2c1ccc([N+](=O)[O-])cc1. The molecule has 144 valence electrons. The van der Waals surface area contributed by atoms with E-state index in [-0.39, 0.29) is 21.7 Å². The minimum absolute atomic E-state index is 0.0328. The van der Waals surface area contributed by atoms with Crippen molar-refractivity contribution in [3.63, 3.8) is 0 Å². The molecular formula is C19H18N4O4S. The Hall–Kier alpha value is -3.07. The summed E-state index contributed by atoms with van der Waals surface area (Å²) in [5.74, 6) is -0.192. The number of hydrogen-bond donors (Lipinski definition) is 3. The molecule has 1 aromatic heterocycles. The highest BCUT2D eigenvalue weighted by molar-refractivity contribution is 7.71. The number of Topliss-reactive ketones (excluding diaryl/α,β-unsaturated/α-hetero) is 1. The molecule has 1 aliphatic heterocycles. The fourth-order valence-electron chi connectivity index (χ4n) is 4.07. The number of nitrogens with one attached hydrogen (secondary N) is 3. The second-order valence-electron chi connectivity index (χ2n) is 7.94. The number of carbonyl (C=O) groups excluding carboxylic acids is 1. The van der Waals surface area contributed by atoms with Crippen LogP contribution in [0.5, 0.6) is 0 Å². The van der Waals surface area contributed by atoms with Crippen LogP contribution in [0.25, 0.3) is 0 Å². The van der Waals surface area contributed by atoms with Crippen molar-refractivity contribution in [2.75, 3.05) is 5.32 Å². The van der Waals surface area contributed by atoms with Crippen LogP contribution < -0.4 is 10.9 Å². The number of nitro benzene ring substituents is 1. The van der Waals surface area contributed by atoms with Crippen LogP contribution in [0.4, 0.5) is 11.5 Å². The average molecular weight is 398 g/mol. The van der Waals surface area contributed by atoms with E-state index >= 15 is 0 Å². The van der Waals surface area contributed by atoms with Gasteiger partial charge in [0, 0.05) is 35.7 Å². The highest BCUT2D eigenvalue weighted by atomic mass is 32.1. The van der Waals surface area contributed by atoms with E-state index in [0.29, 0.717) is 35.4 Å². The number of carbonyl (C=O) groups is 1. The van der Waals surface area contributed by atoms with Crippen LogP contribution in [0.15, 0.2) is 40.3 Å². The number of hydrogen-bond acceptors (Lipinski definition) is 6. The van der Waals surface area contributed by atoms with Gasteiger partial charge >= 0.3 is 0 Å². The summed E-state index contributed by atoms with van der Waals surface area (Å²) in [5, 5.41) is 14.2. The van der Waals surface area contributed by atoms with Gasteiger partial charge < -0.3 is 10.3 Å². The van der Waals surface area contributed by atoms with Gasteiger partial charge in [-0.15, -0.1) is 0 Å². The summed E-state index contributed by atoms with van der Waals surface area (Å²) in [6.45, 7) is 4.04. The number of benzene rings is 1. The summed E-state index contributed by atoms with van der Waals surface area (Å²) < 4.78 is 0.184. The Labute approximate surface area is 164 Å². The van der Waals surface area contributed by atoms with E-state index < -0.39 is 16.4 Å². The zero-order valence-electron chi connectivity index (χ0n) is 15.3. The van der Waals surface area contributed by atoms with E-state index in [1.54, 1.807) is 12.1 Å². The number of anilines is 1. The molecule has 0 bridgehead atoms. The number of fused-ring (bicyclic) bond motifs is 1. The number of nitrogens with zero attached hydrogens (tertiary/aromatic N) is 1. The second-order valence-corrected chi connectivity index (χ2v) is 8.34. The normalized spacial score (nSPS) is 20.2. The fourth-order valence-corrected chi connectivity index (χ4v) is 4.26. The molecule has 1 aliphatic carbocycles. The van der Waals surface area contributed by atoms with Crippen LogP contribution in [-0.4, -0.2) is 20.7 Å². The number of aromatic nitrogens is 2. The van der Waals surface area contributed by atoms with E-state index in [2.05, 4.69) is 15.3 Å². The molecule has 28 heavy (non-hydrogen) atoms. The molecule has 2 aromatic rings. The van der Waals surface area contributed by atoms with E-state index in [1.807, 2.05) is 13.8 Å². The Balaban J connectivity index is 1.96. The molecule has 8 nitrogen and oxygen atoms in total. The Morgan fingerprint density at radius 1 is 1.14 bits per heavy atom. The quantitative estimate of drug-likeness (QED) is 0.404. The summed E-state index contributed by atoms with van der Waals surface area (Å²) in [6, 6.07) is 5.95. The van der Waals surface area contributed by atoms with Gasteiger partial charge in [-0.05, 0) is 29.6 Å². The molecule has 1 atom stereocenters. The smallest absolute Gasteiger partial charge is 0.269 e. The number of ketones is 1. The Morgan fingerprint density at radius 2 is 1.82 bits per heavy atom. The van der Waals surface area contributed by atoms with Gasteiger partial charge in [0.1, 0.15) is 5.82 Å². The summed E-state index contributed by atoms with van der Waals surface area (Å²) in [5.41, 5.74) is 1.64. The molecule has 0 saturated heterocycles. The van der Waals surface area contributed by atoms with E-state index in [4.69, 9.17) is 12.2 Å². The lowest BCUT2D eigenvalue weighted by molar-refractivity contribution is -0.384. The number of nitro groups is 1. The van der Waals surface area contributed by atoms with Gasteiger partial charge in [0.05, 0.1) is 10.5 Å². The number of non-ortho nitro benzene ring substituents is 1. The third-order valence-corrected chi connectivity index (χ3v) is 5.39. The first kappa shape index (κ1) is 18.3. The zero-order valence-corrected chi connectivity index (χ0v) is 16.1. The van der Waals surface area contributed by atoms with Crippen LogP contribution in [0.2, 0.25) is 0 Å². The molecule has 4 rings (SSSR count). The molecule has 2 aliphatic rings. The lowest BCUT2D eigenvalue weighted by Gasteiger charge is -2.38. The lowest BCUT2D eigenvalue weighted by atomic mass is 9.69. The molecule has 9 heteroatoms. The molecule has 1 unspecified atom stereocenters. The van der Waals surface area contributed by atoms with Gasteiger partial charge in [-0.25, -0.2) is 0 Å². The van der Waals surface area contributed by atoms with Crippen LogP contribution in [0.3, 0.4) is 0 Å². The molecule has 3 N–H and O–H groups in total. The van der Waals surface area contributed by atoms with Gasteiger partial charge in [-0.3, -0.25) is 24.7 Å². The minimum Gasteiger partial charge on any atom is -0.344 e. The largest absolute Gasteiger partial charge is 0.344 e. The number of aromatic amines is 2. The van der Waals surface area contributed by atoms with E-state index in [1.165, 1.54) is 12.1 Å². The Morgan fingerprint density at radius 3 is 2.46 bits per heavy atom. The van der Waals surface area contributed by atoms with Gasteiger partial charge in [0.2, 0.25) is 0 Å². The highest BCUT2D eigenvalue weighted by Crippen LogP contribution is 2.47. The maximum absolute atomic E-state index is 13.0. The predicted octanol–water partition coefficient (Wildman–Crippen LogP) is 3.54. The van der Waals surface area contributed by atoms with Crippen molar-refractivity contribution in [2.24, 2.45) is 5.41 Å². The zero-order chi connectivity index (χ0) is 20.2. The summed E-state index contributed by atoms with van der Waals surface area (Å²) in [7, 11) is 0. The van der Waals surface area contributed by atoms with E-state index in [0.717, 1.165) is 5.70 Å². The molecule has 0 spiro atoms. The summed E-state index contributed by atoms with van der Waals surface area (Å²) in [6.07, 6.45) is 1.01. The first-order valence-corrected chi connectivity index (χ1v) is 9.21. The van der Waals surface area contributed by atoms with Crippen LogP contribution in [-0.2, 0) is 4.79 Å². The molecule has 0 amide bonds. The molecule has 0 fully saturated rings. The van der Waals surface area contributed by atoms with Crippen molar-refractivity contribution < 1.29 is 9.72 Å². The van der Waals surface area contributed by atoms with Gasteiger partial charge in [-0.1, -0.05) is 26.0 Å². The van der Waals surface area contributed by atoms with Gasteiger partial charge in [-0.2, -0.15) is 0 Å². The van der Waals surface area contributed by atoms with Crippen LogP contribution in [0, 0.1) is 20.3 Å². The highest BCUT2D eigenvalue weighted by Gasteiger charge is 2.42. The van der Waals surface area contributed by atoms with Crippen molar-refractivity contribution in [3.05, 3.63) is 71.9 Å². The number of rotatable bonds is 2. The maximum Gasteiger partial charge on any atom is 0.269 e. The van der Waals surface area contributed by atoms with Crippen molar-refractivity contribution in [1.29, 1.82) is 0 Å². The second kappa shape index (κ2) is 6.23. The Bertz CT molecular complexity index is 1160. The van der Waals surface area contributed by atoms with Crippen molar-refractivity contribution in [3.8, 4) is 0 Å². The Kier molecular flexibility index (Phi) is 4.07. The van der Waals surface area contributed by atoms with Crippen molar-refractivity contribution in [2.45, 2.75) is 32.6 Å². The standard InChI is InChI=1S/C19H18N4O4S/c1-19(2)7-11-14(12(24)8-19)13(9-3-5-10(6-4-9)23(26)27)15-16(20-11)21-18(28)22-17(15)25/h3-6,13H,7-8H2,1-2H3,(H3,20,21,22,25,28). The maximum atomic E-state index is 13.0. The third-order valence-electron chi connectivity index (χ3n) is 5.19. The molecule has 0 radical (unpaired) electrons. The first-order valence-electron chi connectivity index (χ1n) is 8.80. The average Bonchev–Trinajstić information content (AvgIpc) is 2.58. The third kappa shape index (κ3) is 2.97. The monoisotopic (exact) mass is 398 g/mol. The molecular weight excluding hydrogens is 380 g/mol. The summed E-state index contributed by atoms with van der Waals surface area (Å²) in [4.78, 5) is 41.8. The lowest BCUT2D eigenvalue weighted by Crippen LogP contribution is -2.36. The van der Waals surface area contributed by atoms with Crippen molar-refractivity contribution >= 4 is 29.5 Å². The van der Waals surface area contributed by atoms with Gasteiger partial charge in [0.15, 0.2) is 10.6 Å². The number of H-pyrrole nitrogens is 2. The fraction of sp³-hybridized carbons (Fsp3) is 0.316. The number of allylic oxidation sites excluding steroid dienone is 2. The predicted molar refractivity (Wildman–Crippen MR) is 106 cm³/mol.